The van der Waals surface area contributed by atoms with Crippen LogP contribution in [0.1, 0.15) is 44.1 Å². The molecule has 0 aromatic heterocycles. The number of carbonyl (C=O) groups is 1. The third-order valence-corrected chi connectivity index (χ3v) is 5.48. The molecule has 1 N–H and O–H groups in total. The molecule has 0 aliphatic heterocycles. The number of aliphatic hydroxyl groups excluding tert-OH is 1. The topological polar surface area (TPSA) is 49.7 Å². The second-order valence-corrected chi connectivity index (χ2v) is 7.60. The molecule has 0 saturated heterocycles. The smallest absolute Gasteiger partial charge is 0.168 e. The molecule has 0 bridgehead atoms. The quantitative estimate of drug-likeness (QED) is 0.404. The van der Waals surface area contributed by atoms with Gasteiger partial charge in [0.15, 0.2) is 5.78 Å². The van der Waals surface area contributed by atoms with Crippen molar-refractivity contribution in [3.05, 3.63) is 89.7 Å². The molecule has 0 heterocycles. The van der Waals surface area contributed by atoms with Gasteiger partial charge in [0.05, 0.1) is 17.0 Å². The Hall–Kier alpha value is -3.20. The van der Waals surface area contributed by atoms with Gasteiger partial charge in [-0.05, 0) is 47.2 Å². The van der Waals surface area contributed by atoms with Crippen LogP contribution in [-0.4, -0.2) is 16.6 Å². The van der Waals surface area contributed by atoms with Gasteiger partial charge in [0.2, 0.25) is 0 Å². The molecule has 4 rings (SSSR count). The third kappa shape index (κ3) is 4.14. The molecule has 0 unspecified atom stereocenters. The number of aliphatic hydroxyl groups is 1. The summed E-state index contributed by atoms with van der Waals surface area (Å²) in [6.45, 7) is 2.00. The normalized spacial score (nSPS) is 20.2. The molecule has 0 radical (unpaired) electrons. The fraction of sp³-hybridized carbons (Fsp3) is 0.231. The molecule has 1 atom stereocenters. The molecular formula is C26H25NO2. The van der Waals surface area contributed by atoms with Gasteiger partial charge in [-0.3, -0.25) is 9.79 Å². The lowest BCUT2D eigenvalue weighted by Crippen LogP contribution is -2.26. The Morgan fingerprint density at radius 3 is 2.45 bits per heavy atom. The molecule has 3 aromatic carbocycles. The number of ketones is 1. The summed E-state index contributed by atoms with van der Waals surface area (Å²) in [6, 6.07) is 24.3. The van der Waals surface area contributed by atoms with E-state index in [1.54, 1.807) is 0 Å². The van der Waals surface area contributed by atoms with Crippen molar-refractivity contribution in [1.82, 2.24) is 0 Å². The molecule has 1 aliphatic rings. The minimum Gasteiger partial charge on any atom is -0.511 e. The van der Waals surface area contributed by atoms with Crippen molar-refractivity contribution in [2.24, 2.45) is 4.99 Å². The first-order valence-electron chi connectivity index (χ1n) is 10.2. The van der Waals surface area contributed by atoms with Crippen LogP contribution in [0.5, 0.6) is 0 Å². The van der Waals surface area contributed by atoms with Crippen molar-refractivity contribution in [2.45, 2.75) is 38.5 Å². The molecule has 1 saturated carbocycles. The van der Waals surface area contributed by atoms with Crippen LogP contribution >= 0.6 is 0 Å². The zero-order valence-corrected chi connectivity index (χ0v) is 16.6. The van der Waals surface area contributed by atoms with E-state index < -0.39 is 0 Å². The number of benzene rings is 3. The van der Waals surface area contributed by atoms with Crippen LogP contribution in [0, 0.1) is 0 Å². The predicted molar refractivity (Wildman–Crippen MR) is 119 cm³/mol. The van der Waals surface area contributed by atoms with Gasteiger partial charge in [0, 0.05) is 12.8 Å². The number of nitrogens with zero attached hydrogens (tertiary/aromatic N) is 1. The molecule has 1 fully saturated rings. The highest BCUT2D eigenvalue weighted by molar-refractivity contribution is 6.25. The summed E-state index contributed by atoms with van der Waals surface area (Å²) in [4.78, 5) is 17.9. The number of rotatable bonds is 4. The van der Waals surface area contributed by atoms with Gasteiger partial charge in [0.1, 0.15) is 5.76 Å². The van der Waals surface area contributed by atoms with Gasteiger partial charge in [-0.25, -0.2) is 0 Å². The average molecular weight is 383 g/mol. The Bertz CT molecular complexity index is 1100. The van der Waals surface area contributed by atoms with E-state index in [1.165, 1.54) is 0 Å². The lowest BCUT2D eigenvalue weighted by molar-refractivity contribution is -0.115. The number of allylic oxidation sites excluding steroid dienone is 2. The number of Topliss-reactive ketones (excluding diaryl/α,β-unsaturated/α-hetero) is 1. The van der Waals surface area contributed by atoms with E-state index >= 15 is 0 Å². The lowest BCUT2D eigenvalue weighted by Gasteiger charge is -2.26. The minimum atomic E-state index is -0.0180. The zero-order valence-electron chi connectivity index (χ0n) is 16.6. The van der Waals surface area contributed by atoms with Crippen LogP contribution in [0.15, 0.2) is 89.1 Å². The Kier molecular flexibility index (Phi) is 5.57. The van der Waals surface area contributed by atoms with Crippen LogP contribution in [0.4, 0.5) is 5.69 Å². The maximum absolute atomic E-state index is 13.0. The standard InChI is InChI=1S/C26H25NO2/c1-2-8-24(28)26-23(16-21(17-25(26)29)18-9-4-3-5-10-18)27-22-14-13-19-11-6-7-12-20(19)15-22/h3-7,9-15,21,28H,2,8,16-17H2,1H3/t21-/m1/s1. The van der Waals surface area contributed by atoms with Crippen molar-refractivity contribution >= 4 is 28.0 Å². The van der Waals surface area contributed by atoms with Gasteiger partial charge >= 0.3 is 0 Å². The van der Waals surface area contributed by atoms with Gasteiger partial charge in [-0.2, -0.15) is 0 Å². The lowest BCUT2D eigenvalue weighted by atomic mass is 9.78. The Morgan fingerprint density at radius 2 is 1.69 bits per heavy atom. The summed E-state index contributed by atoms with van der Waals surface area (Å²) in [7, 11) is 0. The molecule has 3 nitrogen and oxygen atoms in total. The van der Waals surface area contributed by atoms with E-state index in [4.69, 9.17) is 4.99 Å². The first-order valence-corrected chi connectivity index (χ1v) is 10.2. The maximum atomic E-state index is 13.0. The van der Waals surface area contributed by atoms with Crippen LogP contribution in [0.2, 0.25) is 0 Å². The third-order valence-electron chi connectivity index (χ3n) is 5.48. The van der Waals surface area contributed by atoms with Crippen molar-refractivity contribution < 1.29 is 9.90 Å². The van der Waals surface area contributed by atoms with Crippen LogP contribution in [-0.2, 0) is 4.79 Å². The monoisotopic (exact) mass is 383 g/mol. The van der Waals surface area contributed by atoms with E-state index in [0.717, 1.165) is 28.4 Å². The van der Waals surface area contributed by atoms with Crippen LogP contribution in [0.3, 0.4) is 0 Å². The number of fused-ring (bicyclic) bond motifs is 1. The second kappa shape index (κ2) is 8.44. The molecule has 1 aliphatic carbocycles. The van der Waals surface area contributed by atoms with Crippen molar-refractivity contribution in [2.75, 3.05) is 0 Å². The van der Waals surface area contributed by atoms with E-state index in [1.807, 2.05) is 55.5 Å². The first-order chi connectivity index (χ1) is 14.2. The summed E-state index contributed by atoms with van der Waals surface area (Å²) in [5, 5.41) is 12.9. The van der Waals surface area contributed by atoms with Gasteiger partial charge in [-0.15, -0.1) is 0 Å². The molecular weight excluding hydrogens is 358 g/mol. The van der Waals surface area contributed by atoms with Crippen molar-refractivity contribution in [3.63, 3.8) is 0 Å². The van der Waals surface area contributed by atoms with Gasteiger partial charge in [-0.1, -0.05) is 67.6 Å². The van der Waals surface area contributed by atoms with Crippen LogP contribution in [0.25, 0.3) is 10.8 Å². The molecule has 0 amide bonds. The van der Waals surface area contributed by atoms with E-state index in [2.05, 4.69) is 24.3 Å². The number of hydrogen-bond donors (Lipinski definition) is 1. The van der Waals surface area contributed by atoms with E-state index in [-0.39, 0.29) is 17.5 Å². The summed E-state index contributed by atoms with van der Waals surface area (Å²) in [5.41, 5.74) is 3.06. The molecule has 146 valence electrons. The van der Waals surface area contributed by atoms with Crippen molar-refractivity contribution in [3.8, 4) is 0 Å². The molecule has 29 heavy (non-hydrogen) atoms. The highest BCUT2D eigenvalue weighted by atomic mass is 16.3. The molecule has 0 spiro atoms. The first kappa shape index (κ1) is 19.1. The summed E-state index contributed by atoms with van der Waals surface area (Å²) in [5.74, 6) is 0.236. The molecule has 3 heteroatoms. The SMILES string of the molecule is CCCC(O)=C1C(=O)C[C@H](c2ccccc2)CC1=Nc1ccc2ccccc2c1. The van der Waals surface area contributed by atoms with E-state index in [0.29, 0.717) is 30.5 Å². The number of aliphatic imine (C=N–C) groups is 1. The van der Waals surface area contributed by atoms with Crippen molar-refractivity contribution in [1.29, 1.82) is 0 Å². The highest BCUT2D eigenvalue weighted by Crippen LogP contribution is 2.35. The number of hydrogen-bond acceptors (Lipinski definition) is 3. The van der Waals surface area contributed by atoms with Crippen LogP contribution < -0.4 is 0 Å². The van der Waals surface area contributed by atoms with E-state index in [9.17, 15) is 9.90 Å². The maximum Gasteiger partial charge on any atom is 0.168 e. The van der Waals surface area contributed by atoms with Gasteiger partial charge < -0.3 is 5.11 Å². The fourth-order valence-electron chi connectivity index (χ4n) is 4.05. The average Bonchev–Trinajstić information content (AvgIpc) is 2.74. The highest BCUT2D eigenvalue weighted by Gasteiger charge is 2.32. The molecule has 3 aromatic rings. The second-order valence-electron chi connectivity index (χ2n) is 7.60. The summed E-state index contributed by atoms with van der Waals surface area (Å²) < 4.78 is 0. The van der Waals surface area contributed by atoms with Gasteiger partial charge in [0.25, 0.3) is 0 Å². The number of carbonyl (C=O) groups excluding carboxylic acids is 1. The Balaban J connectivity index is 1.78. The summed E-state index contributed by atoms with van der Waals surface area (Å²) in [6.07, 6.45) is 2.33. The fourth-order valence-corrected chi connectivity index (χ4v) is 4.05. The summed E-state index contributed by atoms with van der Waals surface area (Å²) >= 11 is 0. The Labute approximate surface area is 171 Å². The minimum absolute atomic E-state index is 0.0180. The Morgan fingerprint density at radius 1 is 0.966 bits per heavy atom. The largest absolute Gasteiger partial charge is 0.511 e. The zero-order chi connectivity index (χ0) is 20.2. The predicted octanol–water partition coefficient (Wildman–Crippen LogP) is 6.67.